The first-order valence-corrected chi connectivity index (χ1v) is 12.0. The summed E-state index contributed by atoms with van der Waals surface area (Å²) in [4.78, 5) is 4.02. The molecule has 2 aromatic carbocycles. The Labute approximate surface area is 200 Å². The Morgan fingerprint density at radius 2 is 1.64 bits per heavy atom. The second-order valence-corrected chi connectivity index (χ2v) is 8.20. The van der Waals surface area contributed by atoms with Crippen LogP contribution in [0.3, 0.4) is 0 Å². The van der Waals surface area contributed by atoms with Crippen LogP contribution in [0.25, 0.3) is 0 Å². The maximum absolute atomic E-state index is 5.52. The molecule has 172 valence electrons. The van der Waals surface area contributed by atoms with Crippen LogP contribution in [0.2, 0.25) is 6.32 Å². The largest absolute Gasteiger partial charge is 0.350 e. The second-order valence-electron chi connectivity index (χ2n) is 8.20. The number of aromatic nitrogens is 2. The molecule has 4 rings (SSSR count). The van der Waals surface area contributed by atoms with Crippen LogP contribution < -0.4 is 0 Å². The van der Waals surface area contributed by atoms with Crippen molar-refractivity contribution in [3.63, 3.8) is 0 Å². The lowest BCUT2D eigenvalue weighted by Crippen LogP contribution is -2.25. The molecule has 1 atom stereocenters. The minimum absolute atomic E-state index is 0.0256. The molecule has 0 spiro atoms. The van der Waals surface area contributed by atoms with Gasteiger partial charge in [-0.1, -0.05) is 86.1 Å². The number of imidazole rings is 1. The molecule has 2 heterocycles. The summed E-state index contributed by atoms with van der Waals surface area (Å²) in [5, 5.41) is 0. The van der Waals surface area contributed by atoms with E-state index in [-0.39, 0.29) is 6.29 Å². The van der Waals surface area contributed by atoms with Gasteiger partial charge in [-0.2, -0.15) is 0 Å². The zero-order valence-corrected chi connectivity index (χ0v) is 19.6. The maximum Gasteiger partial charge on any atom is 0.162 e. The van der Waals surface area contributed by atoms with E-state index in [0.29, 0.717) is 11.8 Å². The molecule has 2 radical (unpaired) electrons. The Morgan fingerprint density at radius 1 is 1.00 bits per heavy atom. The summed E-state index contributed by atoms with van der Waals surface area (Å²) in [5.74, 6) is 0.850. The lowest BCUT2D eigenvalue weighted by molar-refractivity contribution is -0.0884. The van der Waals surface area contributed by atoms with Crippen molar-refractivity contribution in [2.75, 3.05) is 13.2 Å². The van der Waals surface area contributed by atoms with Crippen molar-refractivity contribution in [3.05, 3.63) is 103 Å². The highest BCUT2D eigenvalue weighted by Crippen LogP contribution is 2.28. The van der Waals surface area contributed by atoms with E-state index in [2.05, 4.69) is 89.3 Å². The third kappa shape index (κ3) is 8.34. The van der Waals surface area contributed by atoms with Crippen LogP contribution in [0.15, 0.2) is 91.5 Å². The molecular weight excluding hydrogens is 407 g/mol. The van der Waals surface area contributed by atoms with Gasteiger partial charge in [0.1, 0.15) is 0 Å². The molecule has 0 bridgehead atoms. The molecule has 0 N–H and O–H groups in total. The maximum atomic E-state index is 5.52. The second kappa shape index (κ2) is 14.5. The van der Waals surface area contributed by atoms with E-state index >= 15 is 0 Å². The third-order valence-corrected chi connectivity index (χ3v) is 5.84. The molecule has 0 aliphatic carbocycles. The van der Waals surface area contributed by atoms with Gasteiger partial charge in [0.05, 0.1) is 27.4 Å². The SMILES string of the molecule is CCC(Cn1ccnc1)C1OCCO1.[B]CCC=CCC(c1ccccc1)c1ccccc1. The van der Waals surface area contributed by atoms with Gasteiger partial charge in [0, 0.05) is 30.8 Å². The summed E-state index contributed by atoms with van der Waals surface area (Å²) in [7, 11) is 5.52. The Morgan fingerprint density at radius 3 is 2.15 bits per heavy atom. The zero-order valence-electron chi connectivity index (χ0n) is 19.6. The quantitative estimate of drug-likeness (QED) is 0.284. The van der Waals surface area contributed by atoms with E-state index < -0.39 is 0 Å². The summed E-state index contributed by atoms with van der Waals surface area (Å²) >= 11 is 0. The molecule has 1 aliphatic heterocycles. The predicted molar refractivity (Wildman–Crippen MR) is 135 cm³/mol. The third-order valence-electron chi connectivity index (χ3n) is 5.84. The molecule has 3 aromatic rings. The van der Waals surface area contributed by atoms with Crippen molar-refractivity contribution in [2.24, 2.45) is 5.92 Å². The molecule has 5 heteroatoms. The van der Waals surface area contributed by atoms with Gasteiger partial charge in [0.2, 0.25) is 0 Å². The molecule has 4 nitrogen and oxygen atoms in total. The first kappa shape index (κ1) is 25.0. The van der Waals surface area contributed by atoms with Crippen LogP contribution in [0.1, 0.15) is 43.2 Å². The summed E-state index contributed by atoms with van der Waals surface area (Å²) in [5.41, 5.74) is 2.73. The number of ether oxygens (including phenoxy) is 2. The summed E-state index contributed by atoms with van der Waals surface area (Å²) in [6.45, 7) is 4.53. The van der Waals surface area contributed by atoms with Crippen LogP contribution in [-0.2, 0) is 16.0 Å². The van der Waals surface area contributed by atoms with Crippen molar-refractivity contribution in [2.45, 2.75) is 51.3 Å². The first-order chi connectivity index (χ1) is 16.3. The van der Waals surface area contributed by atoms with Crippen LogP contribution >= 0.6 is 0 Å². The van der Waals surface area contributed by atoms with Crippen molar-refractivity contribution in [1.82, 2.24) is 9.55 Å². The fourth-order valence-electron chi connectivity index (χ4n) is 4.00. The lowest BCUT2D eigenvalue weighted by Gasteiger charge is -2.20. The summed E-state index contributed by atoms with van der Waals surface area (Å²) < 4.78 is 13.1. The number of benzene rings is 2. The highest BCUT2D eigenvalue weighted by atomic mass is 16.7. The van der Waals surface area contributed by atoms with Crippen LogP contribution in [0.4, 0.5) is 0 Å². The van der Waals surface area contributed by atoms with Crippen molar-refractivity contribution in [1.29, 1.82) is 0 Å². The van der Waals surface area contributed by atoms with E-state index in [9.17, 15) is 0 Å². The number of allylic oxidation sites excluding steroid dienone is 2. The minimum atomic E-state index is -0.0256. The number of nitrogens with zero attached hydrogens (tertiary/aromatic N) is 2. The van der Waals surface area contributed by atoms with Gasteiger partial charge in [-0.3, -0.25) is 0 Å². The fourth-order valence-corrected chi connectivity index (χ4v) is 4.00. The van der Waals surface area contributed by atoms with Crippen molar-refractivity contribution < 1.29 is 9.47 Å². The van der Waals surface area contributed by atoms with E-state index in [1.54, 1.807) is 6.20 Å². The van der Waals surface area contributed by atoms with Crippen molar-refractivity contribution >= 4 is 7.85 Å². The number of hydrogen-bond donors (Lipinski definition) is 0. The van der Waals surface area contributed by atoms with Crippen LogP contribution in [0.5, 0.6) is 0 Å². The monoisotopic (exact) mass is 442 g/mol. The Kier molecular flexibility index (Phi) is 11.0. The smallest absolute Gasteiger partial charge is 0.162 e. The summed E-state index contributed by atoms with van der Waals surface area (Å²) in [6.07, 6.45) is 13.8. The molecule has 1 fully saturated rings. The Balaban J connectivity index is 0.000000194. The average Bonchev–Trinajstić information content (AvgIpc) is 3.59. The van der Waals surface area contributed by atoms with Gasteiger partial charge in [-0.05, 0) is 30.4 Å². The minimum Gasteiger partial charge on any atom is -0.350 e. The highest BCUT2D eigenvalue weighted by molar-refractivity contribution is 6.08. The molecule has 1 aliphatic rings. The molecule has 1 unspecified atom stereocenters. The lowest BCUT2D eigenvalue weighted by atomic mass is 9.88. The fraction of sp³-hybridized carbons (Fsp3) is 0.393. The Bertz CT molecular complexity index is 855. The van der Waals surface area contributed by atoms with Crippen molar-refractivity contribution in [3.8, 4) is 0 Å². The number of hydrogen-bond acceptors (Lipinski definition) is 3. The average molecular weight is 442 g/mol. The van der Waals surface area contributed by atoms with Crippen LogP contribution in [-0.4, -0.2) is 36.9 Å². The van der Waals surface area contributed by atoms with Gasteiger partial charge < -0.3 is 14.0 Å². The molecule has 0 amide bonds. The molecule has 0 saturated carbocycles. The van der Waals surface area contributed by atoms with Gasteiger partial charge in [0.25, 0.3) is 0 Å². The highest BCUT2D eigenvalue weighted by Gasteiger charge is 2.25. The summed E-state index contributed by atoms with van der Waals surface area (Å²) in [6, 6.07) is 21.4. The normalized spacial score (nSPS) is 15.0. The molecular formula is C28H35BN2O2. The standard InChI is InChI=1S/C18H19B.C10H16N2O2/c19-15-9-3-8-14-18(16-10-4-1-5-11-16)17-12-6-2-7-13-17;1-2-9(10-13-5-6-14-10)7-12-4-3-11-8-12/h1-8,10-13,18H,9,14-15H2;3-4,8-10H,2,5-7H2,1H3. The molecule has 1 saturated heterocycles. The predicted octanol–water partition coefficient (Wildman–Crippen LogP) is 6.02. The first-order valence-electron chi connectivity index (χ1n) is 12.0. The van der Waals surface area contributed by atoms with Gasteiger partial charge >= 0.3 is 0 Å². The zero-order chi connectivity index (χ0) is 23.1. The van der Waals surface area contributed by atoms with Gasteiger partial charge in [-0.25, -0.2) is 4.98 Å². The van der Waals surface area contributed by atoms with Gasteiger partial charge in [0.15, 0.2) is 6.29 Å². The number of rotatable bonds is 10. The van der Waals surface area contributed by atoms with E-state index in [0.717, 1.165) is 45.3 Å². The van der Waals surface area contributed by atoms with E-state index in [1.807, 2.05) is 12.5 Å². The molecule has 33 heavy (non-hydrogen) atoms. The Hall–Kier alpha value is -2.63. The van der Waals surface area contributed by atoms with Crippen LogP contribution in [0, 0.1) is 5.92 Å². The van der Waals surface area contributed by atoms with Gasteiger partial charge in [-0.15, -0.1) is 0 Å². The molecule has 1 aromatic heterocycles. The topological polar surface area (TPSA) is 36.3 Å². The van der Waals surface area contributed by atoms with E-state index in [4.69, 9.17) is 17.3 Å². The van der Waals surface area contributed by atoms with E-state index in [1.165, 1.54) is 11.1 Å².